The minimum atomic E-state index is -0.401. The van der Waals surface area contributed by atoms with E-state index in [1.807, 2.05) is 13.8 Å². The summed E-state index contributed by atoms with van der Waals surface area (Å²) in [4.78, 5) is 12.4. The Morgan fingerprint density at radius 2 is 1.69 bits per heavy atom. The molecule has 0 aromatic heterocycles. The van der Waals surface area contributed by atoms with Gasteiger partial charge in [0, 0.05) is 34.2 Å². The molecule has 0 unspecified atom stereocenters. The van der Waals surface area contributed by atoms with Crippen LogP contribution in [-0.4, -0.2) is 18.0 Å². The second kappa shape index (κ2) is 5.63. The molecule has 0 saturated carbocycles. The minimum Gasteiger partial charge on any atom is -0.370 e. The zero-order valence-electron chi connectivity index (χ0n) is 9.04. The molecule has 1 aromatic rings. The number of nitro groups is 1. The number of hydrogen-bond acceptors (Lipinski definition) is 3. The normalized spacial score (nSPS) is 10.2. The van der Waals surface area contributed by atoms with Gasteiger partial charge in [-0.05, 0) is 45.7 Å². The van der Waals surface area contributed by atoms with E-state index in [9.17, 15) is 10.1 Å². The summed E-state index contributed by atoms with van der Waals surface area (Å²) in [5.41, 5.74) is 1.03. The molecule has 0 amide bonds. The molecule has 0 N–H and O–H groups in total. The number of hydrogen-bond donors (Lipinski definition) is 0. The predicted molar refractivity (Wildman–Crippen MR) is 72.1 cm³/mol. The Bertz CT molecular complexity index is 383. The quantitative estimate of drug-likeness (QED) is 0.609. The highest BCUT2D eigenvalue weighted by Gasteiger charge is 2.16. The van der Waals surface area contributed by atoms with Crippen molar-refractivity contribution in [2.45, 2.75) is 13.8 Å². The molecule has 88 valence electrons. The van der Waals surface area contributed by atoms with Crippen LogP contribution in [0.25, 0.3) is 0 Å². The summed E-state index contributed by atoms with van der Waals surface area (Å²) in [6, 6.07) is 3.05. The van der Waals surface area contributed by atoms with Crippen molar-refractivity contribution in [2.24, 2.45) is 0 Å². The lowest BCUT2D eigenvalue weighted by Crippen LogP contribution is -2.22. The lowest BCUT2D eigenvalue weighted by molar-refractivity contribution is -0.385. The first kappa shape index (κ1) is 13.4. The number of nitrogens with zero attached hydrogens (tertiary/aromatic N) is 2. The van der Waals surface area contributed by atoms with Crippen molar-refractivity contribution in [1.82, 2.24) is 0 Å². The van der Waals surface area contributed by atoms with E-state index in [0.29, 0.717) is 0 Å². The molecule has 0 aliphatic heterocycles. The molecular weight excluding hydrogens is 340 g/mol. The molecule has 0 radical (unpaired) electrons. The summed E-state index contributed by atoms with van der Waals surface area (Å²) in [6.45, 7) is 5.80. The zero-order chi connectivity index (χ0) is 12.3. The zero-order valence-corrected chi connectivity index (χ0v) is 12.2. The smallest absolute Gasteiger partial charge is 0.271 e. The van der Waals surface area contributed by atoms with E-state index in [0.717, 1.165) is 27.7 Å². The average molecular weight is 352 g/mol. The van der Waals surface area contributed by atoms with Gasteiger partial charge in [-0.3, -0.25) is 10.1 Å². The molecule has 16 heavy (non-hydrogen) atoms. The van der Waals surface area contributed by atoms with E-state index in [2.05, 4.69) is 36.8 Å². The summed E-state index contributed by atoms with van der Waals surface area (Å²) in [5, 5.41) is 10.7. The molecule has 6 heteroatoms. The first-order valence-corrected chi connectivity index (χ1v) is 6.48. The fraction of sp³-hybridized carbons (Fsp3) is 0.400. The van der Waals surface area contributed by atoms with Gasteiger partial charge in [-0.2, -0.15) is 0 Å². The van der Waals surface area contributed by atoms with E-state index in [1.165, 1.54) is 12.1 Å². The van der Waals surface area contributed by atoms with Crippen LogP contribution in [0.3, 0.4) is 0 Å². The van der Waals surface area contributed by atoms with E-state index in [-0.39, 0.29) is 5.69 Å². The Kier molecular flexibility index (Phi) is 4.73. The summed E-state index contributed by atoms with van der Waals surface area (Å²) < 4.78 is 1.47. The van der Waals surface area contributed by atoms with Gasteiger partial charge in [0.15, 0.2) is 0 Å². The maximum Gasteiger partial charge on any atom is 0.271 e. The van der Waals surface area contributed by atoms with Crippen molar-refractivity contribution in [3.05, 3.63) is 31.2 Å². The summed E-state index contributed by atoms with van der Waals surface area (Å²) >= 11 is 6.74. The van der Waals surface area contributed by atoms with Gasteiger partial charge in [0.25, 0.3) is 5.69 Å². The number of benzene rings is 1. The molecule has 0 bridgehead atoms. The molecule has 0 atom stereocenters. The highest BCUT2D eigenvalue weighted by atomic mass is 79.9. The molecular formula is C10H12Br2N2O2. The van der Waals surface area contributed by atoms with Crippen LogP contribution in [0.15, 0.2) is 21.1 Å². The van der Waals surface area contributed by atoms with Crippen LogP contribution in [0.4, 0.5) is 11.4 Å². The molecule has 0 saturated heterocycles. The lowest BCUT2D eigenvalue weighted by atomic mass is 10.2. The fourth-order valence-electron chi connectivity index (χ4n) is 1.50. The van der Waals surface area contributed by atoms with Crippen molar-refractivity contribution < 1.29 is 4.92 Å². The van der Waals surface area contributed by atoms with Crippen LogP contribution in [0.2, 0.25) is 0 Å². The van der Waals surface area contributed by atoms with E-state index >= 15 is 0 Å². The summed E-state index contributed by atoms with van der Waals surface area (Å²) in [5.74, 6) is 0. The van der Waals surface area contributed by atoms with Gasteiger partial charge in [0.2, 0.25) is 0 Å². The first-order chi connectivity index (χ1) is 7.51. The van der Waals surface area contributed by atoms with Crippen molar-refractivity contribution in [3.63, 3.8) is 0 Å². The summed E-state index contributed by atoms with van der Waals surface area (Å²) in [6.07, 6.45) is 0. The van der Waals surface area contributed by atoms with Gasteiger partial charge in [-0.25, -0.2) is 0 Å². The third-order valence-corrected chi connectivity index (χ3v) is 3.50. The largest absolute Gasteiger partial charge is 0.370 e. The summed E-state index contributed by atoms with van der Waals surface area (Å²) in [7, 11) is 0. The van der Waals surface area contributed by atoms with Gasteiger partial charge in [-0.15, -0.1) is 0 Å². The topological polar surface area (TPSA) is 46.4 Å². The Balaban J connectivity index is 3.26. The second-order valence-corrected chi connectivity index (χ2v) is 4.90. The van der Waals surface area contributed by atoms with Gasteiger partial charge in [0.05, 0.1) is 10.6 Å². The number of anilines is 1. The van der Waals surface area contributed by atoms with E-state index < -0.39 is 4.92 Å². The highest BCUT2D eigenvalue weighted by Crippen LogP contribution is 2.37. The second-order valence-electron chi connectivity index (χ2n) is 3.19. The molecule has 0 heterocycles. The monoisotopic (exact) mass is 350 g/mol. The van der Waals surface area contributed by atoms with E-state index in [1.54, 1.807) is 0 Å². The molecule has 1 rings (SSSR count). The molecule has 0 aliphatic carbocycles. The number of nitro benzene ring substituents is 1. The van der Waals surface area contributed by atoms with Gasteiger partial charge in [-0.1, -0.05) is 0 Å². The SMILES string of the molecule is CCN(CC)c1c(Br)cc([N+](=O)[O-])cc1Br. The Labute approximate surface area is 111 Å². The van der Waals surface area contributed by atoms with Crippen LogP contribution in [-0.2, 0) is 0 Å². The predicted octanol–water partition coefficient (Wildman–Crippen LogP) is 3.97. The maximum absolute atomic E-state index is 10.7. The van der Waals surface area contributed by atoms with Gasteiger partial charge in [0.1, 0.15) is 0 Å². The molecule has 0 fully saturated rings. The van der Waals surface area contributed by atoms with Crippen molar-refractivity contribution >= 4 is 43.2 Å². The standard InChI is InChI=1S/C10H12Br2N2O2/c1-3-13(4-2)10-8(11)5-7(14(15)16)6-9(10)12/h5-6H,3-4H2,1-2H3. The molecule has 0 spiro atoms. The highest BCUT2D eigenvalue weighted by molar-refractivity contribution is 9.11. The average Bonchev–Trinajstić information content (AvgIpc) is 2.22. The molecule has 0 aliphatic rings. The maximum atomic E-state index is 10.7. The van der Waals surface area contributed by atoms with Crippen LogP contribution >= 0.6 is 31.9 Å². The van der Waals surface area contributed by atoms with Crippen molar-refractivity contribution in [2.75, 3.05) is 18.0 Å². The van der Waals surface area contributed by atoms with E-state index in [4.69, 9.17) is 0 Å². The van der Waals surface area contributed by atoms with Gasteiger partial charge < -0.3 is 4.90 Å². The Hall–Kier alpha value is -0.620. The molecule has 4 nitrogen and oxygen atoms in total. The molecule has 1 aromatic carbocycles. The van der Waals surface area contributed by atoms with Crippen LogP contribution in [0, 0.1) is 10.1 Å². The number of halogens is 2. The van der Waals surface area contributed by atoms with Crippen LogP contribution in [0.1, 0.15) is 13.8 Å². The fourth-order valence-corrected chi connectivity index (χ4v) is 3.16. The third kappa shape index (κ3) is 2.74. The first-order valence-electron chi connectivity index (χ1n) is 4.89. The van der Waals surface area contributed by atoms with Crippen molar-refractivity contribution in [1.29, 1.82) is 0 Å². The van der Waals surface area contributed by atoms with Crippen LogP contribution < -0.4 is 4.90 Å². The number of non-ortho nitro benzene ring substituents is 1. The number of rotatable bonds is 4. The Morgan fingerprint density at radius 3 is 2.00 bits per heavy atom. The minimum absolute atomic E-state index is 0.0784. The Morgan fingerprint density at radius 1 is 1.25 bits per heavy atom. The van der Waals surface area contributed by atoms with Gasteiger partial charge >= 0.3 is 0 Å². The van der Waals surface area contributed by atoms with Crippen LogP contribution in [0.5, 0.6) is 0 Å². The van der Waals surface area contributed by atoms with Crippen molar-refractivity contribution in [3.8, 4) is 0 Å². The third-order valence-electron chi connectivity index (χ3n) is 2.29. The lowest BCUT2D eigenvalue weighted by Gasteiger charge is -2.23.